The number of nitrogens with two attached hydrogens (primary N) is 1. The Morgan fingerprint density at radius 1 is 1.42 bits per heavy atom. The van der Waals surface area contributed by atoms with E-state index in [0.29, 0.717) is 19.5 Å². The summed E-state index contributed by atoms with van der Waals surface area (Å²) in [5.74, 6) is -3.14. The molecule has 2 atom stereocenters. The van der Waals surface area contributed by atoms with E-state index in [9.17, 15) is 8.78 Å². The van der Waals surface area contributed by atoms with Crippen molar-refractivity contribution in [2.45, 2.75) is 24.3 Å². The molecular formula is C8H14F2N2. The quantitative estimate of drug-likeness (QED) is 0.588. The number of nitrogens with zero attached hydrogens (tertiary/aromatic N) is 1. The van der Waals surface area contributed by atoms with Gasteiger partial charge in [0.1, 0.15) is 0 Å². The van der Waals surface area contributed by atoms with Crippen molar-refractivity contribution >= 4 is 0 Å². The molecule has 1 saturated carbocycles. The highest BCUT2D eigenvalue weighted by atomic mass is 19.3. The Bertz CT molecular complexity index is 207. The minimum atomic E-state index is -2.53. The van der Waals surface area contributed by atoms with Crippen LogP contribution in [0.3, 0.4) is 0 Å². The third-order valence-corrected chi connectivity index (χ3v) is 3.19. The molecule has 2 nitrogen and oxygen atoms in total. The Kier molecular flexibility index (Phi) is 1.52. The highest BCUT2D eigenvalue weighted by molar-refractivity contribution is 5.11. The van der Waals surface area contributed by atoms with Crippen LogP contribution in [0.2, 0.25) is 0 Å². The second-order valence-electron chi connectivity index (χ2n) is 4.24. The van der Waals surface area contributed by atoms with Crippen molar-refractivity contribution < 1.29 is 8.78 Å². The third kappa shape index (κ3) is 0.977. The van der Waals surface area contributed by atoms with E-state index in [1.807, 2.05) is 11.9 Å². The van der Waals surface area contributed by atoms with Crippen molar-refractivity contribution in [3.05, 3.63) is 0 Å². The molecule has 0 aromatic carbocycles. The fourth-order valence-corrected chi connectivity index (χ4v) is 2.55. The van der Waals surface area contributed by atoms with Gasteiger partial charge in [0.15, 0.2) is 0 Å². The average Bonchev–Trinajstić information content (AvgIpc) is 2.32. The molecule has 0 spiro atoms. The number of rotatable bonds is 0. The molecule has 70 valence electrons. The lowest BCUT2D eigenvalue weighted by Gasteiger charge is -2.24. The molecule has 1 heterocycles. The van der Waals surface area contributed by atoms with E-state index in [2.05, 4.69) is 0 Å². The van der Waals surface area contributed by atoms with E-state index >= 15 is 0 Å². The van der Waals surface area contributed by atoms with Gasteiger partial charge in [-0.25, -0.2) is 8.78 Å². The molecular weight excluding hydrogens is 162 g/mol. The highest BCUT2D eigenvalue weighted by Gasteiger charge is 2.60. The second kappa shape index (κ2) is 2.17. The standard InChI is InChI=1S/C8H14F2N2/c1-12-4-6-7(11,5-12)2-3-8(6,9)10/h6H,2-5,11H2,1H3/t6-,7-/m1/s1. The number of hydrogen-bond donors (Lipinski definition) is 1. The molecule has 0 amide bonds. The predicted octanol–water partition coefficient (Wildman–Crippen LogP) is 0.675. The summed E-state index contributed by atoms with van der Waals surface area (Å²) in [6.07, 6.45) is 0.441. The maximum absolute atomic E-state index is 13.2. The van der Waals surface area contributed by atoms with Gasteiger partial charge in [-0.3, -0.25) is 0 Å². The number of hydrogen-bond acceptors (Lipinski definition) is 2. The van der Waals surface area contributed by atoms with Gasteiger partial charge in [-0.15, -0.1) is 0 Å². The predicted molar refractivity (Wildman–Crippen MR) is 42.1 cm³/mol. The van der Waals surface area contributed by atoms with Crippen molar-refractivity contribution in [2.75, 3.05) is 20.1 Å². The molecule has 1 aliphatic heterocycles. The molecule has 0 radical (unpaired) electrons. The van der Waals surface area contributed by atoms with Gasteiger partial charge < -0.3 is 10.6 Å². The van der Waals surface area contributed by atoms with Crippen LogP contribution in [0.4, 0.5) is 8.78 Å². The van der Waals surface area contributed by atoms with Crippen molar-refractivity contribution in [3.63, 3.8) is 0 Å². The van der Waals surface area contributed by atoms with Crippen LogP contribution in [0.15, 0.2) is 0 Å². The fraction of sp³-hybridized carbons (Fsp3) is 1.00. The van der Waals surface area contributed by atoms with Gasteiger partial charge >= 0.3 is 0 Å². The molecule has 0 bridgehead atoms. The minimum absolute atomic E-state index is 0.0258. The fourth-order valence-electron chi connectivity index (χ4n) is 2.55. The Hall–Kier alpha value is -0.220. The monoisotopic (exact) mass is 176 g/mol. The van der Waals surface area contributed by atoms with Gasteiger partial charge in [-0.05, 0) is 13.5 Å². The summed E-state index contributed by atoms with van der Waals surface area (Å²) in [6.45, 7) is 1.07. The molecule has 2 N–H and O–H groups in total. The normalized spacial score (nSPS) is 46.5. The summed E-state index contributed by atoms with van der Waals surface area (Å²) in [7, 11) is 1.85. The first-order chi connectivity index (χ1) is 5.44. The lowest BCUT2D eigenvalue weighted by atomic mass is 9.91. The lowest BCUT2D eigenvalue weighted by molar-refractivity contribution is -0.0412. The number of likely N-dealkylation sites (tertiary alicyclic amines) is 1. The largest absolute Gasteiger partial charge is 0.324 e. The van der Waals surface area contributed by atoms with Gasteiger partial charge in [0.05, 0.1) is 5.92 Å². The van der Waals surface area contributed by atoms with Crippen LogP contribution in [0.1, 0.15) is 12.8 Å². The maximum atomic E-state index is 13.2. The third-order valence-electron chi connectivity index (χ3n) is 3.19. The summed E-state index contributed by atoms with van der Waals surface area (Å²) < 4.78 is 26.4. The van der Waals surface area contributed by atoms with E-state index in [4.69, 9.17) is 5.73 Å². The Labute approximate surface area is 70.7 Å². The first kappa shape index (κ1) is 8.38. The molecule has 0 aromatic heterocycles. The van der Waals surface area contributed by atoms with E-state index in [1.54, 1.807) is 0 Å². The van der Waals surface area contributed by atoms with E-state index < -0.39 is 17.4 Å². The van der Waals surface area contributed by atoms with Crippen LogP contribution < -0.4 is 5.73 Å². The zero-order valence-corrected chi connectivity index (χ0v) is 7.19. The van der Waals surface area contributed by atoms with Crippen LogP contribution in [-0.4, -0.2) is 36.5 Å². The minimum Gasteiger partial charge on any atom is -0.324 e. The SMILES string of the molecule is CN1C[C@H]2C(F)(F)CC[C@@]2(N)C1. The Balaban J connectivity index is 2.25. The van der Waals surface area contributed by atoms with E-state index in [0.717, 1.165) is 0 Å². The van der Waals surface area contributed by atoms with Crippen LogP contribution in [-0.2, 0) is 0 Å². The van der Waals surface area contributed by atoms with E-state index in [-0.39, 0.29) is 6.42 Å². The van der Waals surface area contributed by atoms with Crippen molar-refractivity contribution in [1.29, 1.82) is 0 Å². The van der Waals surface area contributed by atoms with Gasteiger partial charge in [-0.2, -0.15) is 0 Å². The summed E-state index contributed by atoms with van der Waals surface area (Å²) >= 11 is 0. The second-order valence-corrected chi connectivity index (χ2v) is 4.24. The highest BCUT2D eigenvalue weighted by Crippen LogP contribution is 2.48. The van der Waals surface area contributed by atoms with Gasteiger partial charge in [0, 0.05) is 25.0 Å². The van der Waals surface area contributed by atoms with Gasteiger partial charge in [0.25, 0.3) is 5.92 Å². The summed E-state index contributed by atoms with van der Waals surface area (Å²) in [4.78, 5) is 1.90. The zero-order chi connectivity index (χ0) is 8.98. The molecule has 1 saturated heterocycles. The smallest absolute Gasteiger partial charge is 0.254 e. The summed E-state index contributed by atoms with van der Waals surface area (Å²) in [6, 6.07) is 0. The van der Waals surface area contributed by atoms with Gasteiger partial charge in [-0.1, -0.05) is 0 Å². The topological polar surface area (TPSA) is 29.3 Å². The van der Waals surface area contributed by atoms with Gasteiger partial charge in [0.2, 0.25) is 0 Å². The summed E-state index contributed by atoms with van der Waals surface area (Å²) in [5, 5.41) is 0. The van der Waals surface area contributed by atoms with Crippen molar-refractivity contribution in [2.24, 2.45) is 11.7 Å². The molecule has 0 aromatic rings. The number of likely N-dealkylation sites (N-methyl/N-ethyl adjacent to an activating group) is 1. The summed E-state index contributed by atoms with van der Waals surface area (Å²) in [5.41, 5.74) is 5.30. The number of halogens is 2. The molecule has 4 heteroatoms. The molecule has 2 fully saturated rings. The maximum Gasteiger partial charge on any atom is 0.254 e. The lowest BCUT2D eigenvalue weighted by Crippen LogP contribution is -2.46. The zero-order valence-electron chi connectivity index (χ0n) is 7.19. The number of fused-ring (bicyclic) bond motifs is 1. The van der Waals surface area contributed by atoms with Crippen molar-refractivity contribution in [3.8, 4) is 0 Å². The van der Waals surface area contributed by atoms with Crippen LogP contribution in [0.25, 0.3) is 0 Å². The van der Waals surface area contributed by atoms with Crippen LogP contribution in [0.5, 0.6) is 0 Å². The van der Waals surface area contributed by atoms with Crippen molar-refractivity contribution in [1.82, 2.24) is 4.90 Å². The Morgan fingerprint density at radius 2 is 2.08 bits per heavy atom. The number of alkyl halides is 2. The molecule has 12 heavy (non-hydrogen) atoms. The van der Waals surface area contributed by atoms with Crippen LogP contribution in [0, 0.1) is 5.92 Å². The molecule has 2 aliphatic rings. The van der Waals surface area contributed by atoms with Crippen LogP contribution >= 0.6 is 0 Å². The first-order valence-corrected chi connectivity index (χ1v) is 4.29. The average molecular weight is 176 g/mol. The molecule has 0 unspecified atom stereocenters. The first-order valence-electron chi connectivity index (χ1n) is 4.29. The molecule has 1 aliphatic carbocycles. The molecule has 2 rings (SSSR count). The Morgan fingerprint density at radius 3 is 2.67 bits per heavy atom. The van der Waals surface area contributed by atoms with E-state index in [1.165, 1.54) is 0 Å².